The van der Waals surface area contributed by atoms with Crippen molar-refractivity contribution in [3.63, 3.8) is 0 Å². The molecule has 0 fully saturated rings. The number of nitrogens with one attached hydrogen (secondary N) is 2. The quantitative estimate of drug-likeness (QED) is 0.777. The molecular weight excluding hydrogens is 254 g/mol. The molecule has 0 saturated carbocycles. The Morgan fingerprint density at radius 2 is 1.80 bits per heavy atom. The van der Waals surface area contributed by atoms with Crippen LogP contribution in [0.1, 0.15) is 33.3 Å². The summed E-state index contributed by atoms with van der Waals surface area (Å²) in [5, 5.41) is 6.15. The van der Waals surface area contributed by atoms with E-state index in [2.05, 4.69) is 34.4 Å². The summed E-state index contributed by atoms with van der Waals surface area (Å²) in [6, 6.07) is 0.568. The highest BCUT2D eigenvalue weighted by molar-refractivity contribution is 5.80. The number of aromatic nitrogens is 2. The van der Waals surface area contributed by atoms with Gasteiger partial charge in [0.1, 0.15) is 0 Å². The Kier molecular flexibility index (Phi) is 6.38. The topological polar surface area (TPSA) is 70.2 Å². The molecular formula is C14H25N5O. The molecule has 0 aliphatic carbocycles. The Balaban J connectivity index is 2.52. The zero-order chi connectivity index (χ0) is 15.1. The second-order valence-electron chi connectivity index (χ2n) is 5.51. The first kappa shape index (κ1) is 16.4. The maximum absolute atomic E-state index is 11.7. The van der Waals surface area contributed by atoms with E-state index in [0.717, 1.165) is 12.1 Å². The number of likely N-dealkylation sites (N-methyl/N-ethyl adjacent to an activating group) is 1. The monoisotopic (exact) mass is 279 g/mol. The highest BCUT2D eigenvalue weighted by atomic mass is 16.2. The Morgan fingerprint density at radius 1 is 1.20 bits per heavy atom. The van der Waals surface area contributed by atoms with E-state index in [1.165, 1.54) is 0 Å². The molecule has 0 spiro atoms. The van der Waals surface area contributed by atoms with Gasteiger partial charge in [-0.2, -0.15) is 0 Å². The predicted octanol–water partition coefficient (Wildman–Crippen LogP) is 0.935. The van der Waals surface area contributed by atoms with Gasteiger partial charge in [-0.1, -0.05) is 13.8 Å². The molecule has 1 aromatic heterocycles. The number of nitrogens with zero attached hydrogens (tertiary/aromatic N) is 3. The molecule has 112 valence electrons. The first-order valence-corrected chi connectivity index (χ1v) is 6.93. The number of carbonyl (C=O) groups is 1. The molecule has 0 aliphatic heterocycles. The largest absolute Gasteiger partial charge is 0.352 e. The molecule has 1 amide bonds. The van der Waals surface area contributed by atoms with Crippen LogP contribution in [0.4, 0.5) is 5.95 Å². The van der Waals surface area contributed by atoms with Crippen LogP contribution in [-0.2, 0) is 11.3 Å². The molecule has 1 heterocycles. The summed E-state index contributed by atoms with van der Waals surface area (Å²) >= 11 is 0. The zero-order valence-corrected chi connectivity index (χ0v) is 13.0. The maximum atomic E-state index is 11.7. The SMILES string of the molecule is CC(C)NCc1cnc(N(C)CC(=O)NC(C)C)nc1. The van der Waals surface area contributed by atoms with E-state index in [1.54, 1.807) is 24.3 Å². The van der Waals surface area contributed by atoms with Crippen molar-refractivity contribution in [2.45, 2.75) is 46.3 Å². The number of hydrogen-bond acceptors (Lipinski definition) is 5. The molecule has 0 saturated heterocycles. The third kappa shape index (κ3) is 5.97. The predicted molar refractivity (Wildman–Crippen MR) is 80.6 cm³/mol. The summed E-state index contributed by atoms with van der Waals surface area (Å²) in [5.74, 6) is 0.522. The second-order valence-corrected chi connectivity index (χ2v) is 5.51. The smallest absolute Gasteiger partial charge is 0.239 e. The molecule has 2 N–H and O–H groups in total. The Morgan fingerprint density at radius 3 is 2.30 bits per heavy atom. The van der Waals surface area contributed by atoms with Gasteiger partial charge in [0, 0.05) is 43.6 Å². The van der Waals surface area contributed by atoms with Crippen LogP contribution in [0.25, 0.3) is 0 Å². The highest BCUT2D eigenvalue weighted by Crippen LogP contribution is 2.05. The molecule has 0 unspecified atom stereocenters. The van der Waals surface area contributed by atoms with E-state index in [4.69, 9.17) is 0 Å². The summed E-state index contributed by atoms with van der Waals surface area (Å²) in [6.45, 7) is 9.06. The number of carbonyl (C=O) groups excluding carboxylic acids is 1. The standard InChI is InChI=1S/C14H25N5O/c1-10(2)15-6-12-7-16-14(17-8-12)19(5)9-13(20)18-11(3)4/h7-8,10-11,15H,6,9H2,1-5H3,(H,18,20). The minimum Gasteiger partial charge on any atom is -0.352 e. The van der Waals surface area contributed by atoms with Crippen molar-refractivity contribution in [2.24, 2.45) is 0 Å². The van der Waals surface area contributed by atoms with Crippen molar-refractivity contribution in [1.82, 2.24) is 20.6 Å². The number of anilines is 1. The zero-order valence-electron chi connectivity index (χ0n) is 13.0. The summed E-state index contributed by atoms with van der Waals surface area (Å²) < 4.78 is 0. The third-order valence-electron chi connectivity index (χ3n) is 2.58. The minimum atomic E-state index is -0.0309. The van der Waals surface area contributed by atoms with Crippen molar-refractivity contribution >= 4 is 11.9 Å². The first-order chi connectivity index (χ1) is 9.38. The van der Waals surface area contributed by atoms with Crippen LogP contribution in [0.3, 0.4) is 0 Å². The van der Waals surface area contributed by atoms with Crippen molar-refractivity contribution in [3.8, 4) is 0 Å². The van der Waals surface area contributed by atoms with E-state index in [-0.39, 0.29) is 18.5 Å². The fourth-order valence-corrected chi connectivity index (χ4v) is 1.61. The van der Waals surface area contributed by atoms with Gasteiger partial charge in [0.2, 0.25) is 11.9 Å². The lowest BCUT2D eigenvalue weighted by Gasteiger charge is -2.17. The lowest BCUT2D eigenvalue weighted by atomic mass is 10.3. The molecule has 0 aromatic carbocycles. The van der Waals surface area contributed by atoms with Crippen LogP contribution in [0.2, 0.25) is 0 Å². The van der Waals surface area contributed by atoms with Gasteiger partial charge >= 0.3 is 0 Å². The van der Waals surface area contributed by atoms with Crippen molar-refractivity contribution in [2.75, 3.05) is 18.5 Å². The average Bonchev–Trinajstić information content (AvgIpc) is 2.35. The van der Waals surface area contributed by atoms with Gasteiger partial charge in [-0.05, 0) is 13.8 Å². The van der Waals surface area contributed by atoms with Gasteiger partial charge in [0.05, 0.1) is 6.54 Å². The Hall–Kier alpha value is -1.69. The molecule has 1 rings (SSSR count). The highest BCUT2D eigenvalue weighted by Gasteiger charge is 2.10. The summed E-state index contributed by atoms with van der Waals surface area (Å²) in [7, 11) is 1.81. The van der Waals surface area contributed by atoms with Gasteiger partial charge in [0.25, 0.3) is 0 Å². The normalized spacial score (nSPS) is 10.9. The van der Waals surface area contributed by atoms with E-state index in [0.29, 0.717) is 12.0 Å². The van der Waals surface area contributed by atoms with Crippen LogP contribution in [0.15, 0.2) is 12.4 Å². The Labute approximate surface area is 121 Å². The van der Waals surface area contributed by atoms with Crippen LogP contribution in [-0.4, -0.2) is 41.6 Å². The molecule has 0 radical (unpaired) electrons. The second kappa shape index (κ2) is 7.79. The average molecular weight is 279 g/mol. The number of amides is 1. The molecule has 0 aliphatic rings. The van der Waals surface area contributed by atoms with Crippen LogP contribution >= 0.6 is 0 Å². The Bertz CT molecular complexity index is 416. The van der Waals surface area contributed by atoms with Crippen LogP contribution in [0, 0.1) is 0 Å². The summed E-state index contributed by atoms with van der Waals surface area (Å²) in [6.07, 6.45) is 3.57. The van der Waals surface area contributed by atoms with Gasteiger partial charge in [0.15, 0.2) is 0 Å². The molecule has 20 heavy (non-hydrogen) atoms. The van der Waals surface area contributed by atoms with Crippen LogP contribution in [0.5, 0.6) is 0 Å². The first-order valence-electron chi connectivity index (χ1n) is 6.93. The summed E-state index contributed by atoms with van der Waals surface area (Å²) in [4.78, 5) is 22.0. The van der Waals surface area contributed by atoms with E-state index in [1.807, 2.05) is 13.8 Å². The maximum Gasteiger partial charge on any atom is 0.239 e. The molecule has 1 aromatic rings. The molecule has 6 heteroatoms. The van der Waals surface area contributed by atoms with Gasteiger partial charge < -0.3 is 15.5 Å². The van der Waals surface area contributed by atoms with Crippen molar-refractivity contribution < 1.29 is 4.79 Å². The fourth-order valence-electron chi connectivity index (χ4n) is 1.61. The lowest BCUT2D eigenvalue weighted by molar-refractivity contribution is -0.120. The van der Waals surface area contributed by atoms with Gasteiger partial charge in [-0.3, -0.25) is 4.79 Å². The van der Waals surface area contributed by atoms with E-state index in [9.17, 15) is 4.79 Å². The summed E-state index contributed by atoms with van der Waals surface area (Å²) in [5.41, 5.74) is 1.03. The third-order valence-corrected chi connectivity index (χ3v) is 2.58. The fraction of sp³-hybridized carbons (Fsp3) is 0.643. The lowest BCUT2D eigenvalue weighted by Crippen LogP contribution is -2.39. The van der Waals surface area contributed by atoms with Crippen molar-refractivity contribution in [3.05, 3.63) is 18.0 Å². The van der Waals surface area contributed by atoms with Crippen LogP contribution < -0.4 is 15.5 Å². The molecule has 6 nitrogen and oxygen atoms in total. The van der Waals surface area contributed by atoms with Crippen molar-refractivity contribution in [1.29, 1.82) is 0 Å². The van der Waals surface area contributed by atoms with Gasteiger partial charge in [-0.15, -0.1) is 0 Å². The molecule has 0 atom stereocenters. The van der Waals surface area contributed by atoms with E-state index >= 15 is 0 Å². The number of rotatable bonds is 7. The van der Waals surface area contributed by atoms with E-state index < -0.39 is 0 Å². The minimum absolute atomic E-state index is 0.0309. The van der Waals surface area contributed by atoms with Gasteiger partial charge in [-0.25, -0.2) is 9.97 Å². The number of hydrogen-bond donors (Lipinski definition) is 2. The molecule has 0 bridgehead atoms.